The monoisotopic (exact) mass is 194 g/mol. The molecule has 0 amide bonds. The number of rotatable bonds is 2. The van der Waals surface area contributed by atoms with Gasteiger partial charge in [0.2, 0.25) is 0 Å². The van der Waals surface area contributed by atoms with Gasteiger partial charge in [0.15, 0.2) is 5.79 Å². The molecular weight excluding hydrogens is 180 g/mol. The van der Waals surface area contributed by atoms with Crippen molar-refractivity contribution in [3.8, 4) is 5.75 Å². The first-order chi connectivity index (χ1) is 6.68. The predicted molar refractivity (Wildman–Crippen MR) is 52.1 cm³/mol. The molecule has 1 aromatic rings. The molecule has 0 aliphatic carbocycles. The summed E-state index contributed by atoms with van der Waals surface area (Å²) in [7, 11) is 0. The molecule has 1 aliphatic rings. The molecule has 0 saturated carbocycles. The van der Waals surface area contributed by atoms with Crippen molar-refractivity contribution in [1.29, 1.82) is 0 Å². The number of phenolic OH excluding ortho intramolecular Hbond substituents is 1. The zero-order valence-corrected chi connectivity index (χ0v) is 8.19. The summed E-state index contributed by atoms with van der Waals surface area (Å²) in [5.74, 6) is -0.205. The van der Waals surface area contributed by atoms with Crippen LogP contribution in [0.5, 0.6) is 5.75 Å². The van der Waals surface area contributed by atoms with E-state index in [1.807, 2.05) is 19.1 Å². The molecule has 3 nitrogen and oxygen atoms in total. The molecule has 1 N–H and O–H groups in total. The maximum Gasteiger partial charge on any atom is 0.169 e. The Hall–Kier alpha value is -1.06. The summed E-state index contributed by atoms with van der Waals surface area (Å²) < 4.78 is 11.0. The molecule has 0 bridgehead atoms. The first-order valence-corrected chi connectivity index (χ1v) is 4.74. The van der Waals surface area contributed by atoms with Crippen molar-refractivity contribution >= 4 is 0 Å². The second kappa shape index (κ2) is 3.59. The zero-order valence-electron chi connectivity index (χ0n) is 8.19. The normalized spacial score (nSPS) is 19.8. The van der Waals surface area contributed by atoms with E-state index in [0.717, 1.165) is 5.56 Å². The van der Waals surface area contributed by atoms with Gasteiger partial charge in [0.25, 0.3) is 0 Å². The first-order valence-electron chi connectivity index (χ1n) is 4.74. The molecule has 1 heterocycles. The van der Waals surface area contributed by atoms with Crippen molar-refractivity contribution < 1.29 is 14.6 Å². The molecule has 76 valence electrons. The molecular formula is C11H14O3. The molecule has 0 unspecified atom stereocenters. The Bertz CT molecular complexity index is 299. The van der Waals surface area contributed by atoms with Crippen LogP contribution in [-0.4, -0.2) is 24.1 Å². The van der Waals surface area contributed by atoms with Crippen molar-refractivity contribution in [3.05, 3.63) is 29.8 Å². The Morgan fingerprint density at radius 3 is 2.36 bits per heavy atom. The van der Waals surface area contributed by atoms with Crippen molar-refractivity contribution in [2.75, 3.05) is 13.2 Å². The second-order valence-electron chi connectivity index (χ2n) is 3.67. The van der Waals surface area contributed by atoms with Crippen molar-refractivity contribution in [1.82, 2.24) is 0 Å². The zero-order chi connectivity index (χ0) is 10.0. The van der Waals surface area contributed by atoms with Crippen LogP contribution < -0.4 is 0 Å². The number of hydrogen-bond acceptors (Lipinski definition) is 3. The van der Waals surface area contributed by atoms with Crippen LogP contribution in [0.1, 0.15) is 12.5 Å². The Kier molecular flexibility index (Phi) is 2.44. The SMILES string of the molecule is CC1(Cc2ccc(O)cc2)OCCO1. The van der Waals surface area contributed by atoms with E-state index in [1.54, 1.807) is 12.1 Å². The molecule has 0 aromatic heterocycles. The largest absolute Gasteiger partial charge is 0.508 e. The van der Waals surface area contributed by atoms with Gasteiger partial charge in [-0.25, -0.2) is 0 Å². The summed E-state index contributed by atoms with van der Waals surface area (Å²) in [6.45, 7) is 3.26. The van der Waals surface area contributed by atoms with E-state index >= 15 is 0 Å². The van der Waals surface area contributed by atoms with Gasteiger partial charge in [-0.3, -0.25) is 0 Å². The molecule has 1 fully saturated rings. The molecule has 14 heavy (non-hydrogen) atoms. The van der Waals surface area contributed by atoms with E-state index in [-0.39, 0.29) is 5.75 Å². The lowest BCUT2D eigenvalue weighted by molar-refractivity contribution is -0.140. The highest BCUT2D eigenvalue weighted by Crippen LogP contribution is 2.24. The minimum atomic E-state index is -0.489. The van der Waals surface area contributed by atoms with Gasteiger partial charge < -0.3 is 14.6 Å². The number of hydrogen-bond donors (Lipinski definition) is 1. The van der Waals surface area contributed by atoms with Crippen LogP contribution in [0.15, 0.2) is 24.3 Å². The Morgan fingerprint density at radius 1 is 1.21 bits per heavy atom. The quantitative estimate of drug-likeness (QED) is 0.778. The van der Waals surface area contributed by atoms with Crippen molar-refractivity contribution in [2.45, 2.75) is 19.1 Å². The van der Waals surface area contributed by atoms with E-state index in [1.165, 1.54) is 0 Å². The van der Waals surface area contributed by atoms with Crippen LogP contribution >= 0.6 is 0 Å². The number of ether oxygens (including phenoxy) is 2. The van der Waals surface area contributed by atoms with Gasteiger partial charge in [-0.1, -0.05) is 12.1 Å². The molecule has 0 spiro atoms. The fourth-order valence-corrected chi connectivity index (χ4v) is 1.64. The summed E-state index contributed by atoms with van der Waals surface area (Å²) >= 11 is 0. The van der Waals surface area contributed by atoms with Crippen LogP contribution in [0, 0.1) is 0 Å². The van der Waals surface area contributed by atoms with E-state index in [2.05, 4.69) is 0 Å². The number of phenols is 1. The average Bonchev–Trinajstić information content (AvgIpc) is 2.57. The average molecular weight is 194 g/mol. The van der Waals surface area contributed by atoms with E-state index < -0.39 is 5.79 Å². The lowest BCUT2D eigenvalue weighted by atomic mass is 10.1. The topological polar surface area (TPSA) is 38.7 Å². The lowest BCUT2D eigenvalue weighted by Crippen LogP contribution is -2.28. The van der Waals surface area contributed by atoms with Crippen LogP contribution in [0.25, 0.3) is 0 Å². The Morgan fingerprint density at radius 2 is 1.79 bits per heavy atom. The minimum absolute atomic E-state index is 0.284. The van der Waals surface area contributed by atoms with Gasteiger partial charge in [-0.05, 0) is 24.6 Å². The highest BCUT2D eigenvalue weighted by atomic mass is 16.7. The molecule has 1 aliphatic heterocycles. The van der Waals surface area contributed by atoms with E-state index in [0.29, 0.717) is 19.6 Å². The third-order valence-corrected chi connectivity index (χ3v) is 2.36. The van der Waals surface area contributed by atoms with E-state index in [4.69, 9.17) is 14.6 Å². The standard InChI is InChI=1S/C11H14O3/c1-11(13-6-7-14-11)8-9-2-4-10(12)5-3-9/h2-5,12H,6-8H2,1H3. The molecule has 1 saturated heterocycles. The minimum Gasteiger partial charge on any atom is -0.508 e. The lowest BCUT2D eigenvalue weighted by Gasteiger charge is -2.22. The second-order valence-corrected chi connectivity index (χ2v) is 3.67. The highest BCUT2D eigenvalue weighted by Gasteiger charge is 2.30. The summed E-state index contributed by atoms with van der Waals surface area (Å²) in [6.07, 6.45) is 0.716. The summed E-state index contributed by atoms with van der Waals surface area (Å²) in [6, 6.07) is 7.11. The molecule has 0 atom stereocenters. The van der Waals surface area contributed by atoms with Crippen LogP contribution in [0.3, 0.4) is 0 Å². The van der Waals surface area contributed by atoms with Crippen LogP contribution in [-0.2, 0) is 15.9 Å². The van der Waals surface area contributed by atoms with Gasteiger partial charge in [-0.2, -0.15) is 0 Å². The van der Waals surface area contributed by atoms with Gasteiger partial charge in [-0.15, -0.1) is 0 Å². The van der Waals surface area contributed by atoms with Gasteiger partial charge in [0.05, 0.1) is 13.2 Å². The van der Waals surface area contributed by atoms with E-state index in [9.17, 15) is 0 Å². The van der Waals surface area contributed by atoms with Crippen LogP contribution in [0.4, 0.5) is 0 Å². The fourth-order valence-electron chi connectivity index (χ4n) is 1.64. The van der Waals surface area contributed by atoms with Crippen LogP contribution in [0.2, 0.25) is 0 Å². The maximum absolute atomic E-state index is 9.12. The summed E-state index contributed by atoms with van der Waals surface area (Å²) in [5, 5.41) is 9.12. The number of benzene rings is 1. The third-order valence-electron chi connectivity index (χ3n) is 2.36. The molecule has 0 radical (unpaired) electrons. The summed E-state index contributed by atoms with van der Waals surface area (Å²) in [4.78, 5) is 0. The maximum atomic E-state index is 9.12. The molecule has 1 aromatic carbocycles. The molecule has 2 rings (SSSR count). The van der Waals surface area contributed by atoms with Gasteiger partial charge in [0.1, 0.15) is 5.75 Å². The smallest absolute Gasteiger partial charge is 0.169 e. The predicted octanol–water partition coefficient (Wildman–Crippen LogP) is 1.70. The summed E-state index contributed by atoms with van der Waals surface area (Å²) in [5.41, 5.74) is 1.10. The van der Waals surface area contributed by atoms with Gasteiger partial charge in [0, 0.05) is 6.42 Å². The Balaban J connectivity index is 2.06. The fraction of sp³-hybridized carbons (Fsp3) is 0.455. The van der Waals surface area contributed by atoms with Crippen molar-refractivity contribution in [3.63, 3.8) is 0 Å². The number of aromatic hydroxyl groups is 1. The first kappa shape index (κ1) is 9.49. The van der Waals surface area contributed by atoms with Gasteiger partial charge >= 0.3 is 0 Å². The third kappa shape index (κ3) is 2.05. The molecule has 3 heteroatoms. The Labute approximate surface area is 83.3 Å². The van der Waals surface area contributed by atoms with Crippen molar-refractivity contribution in [2.24, 2.45) is 0 Å². The highest BCUT2D eigenvalue weighted by molar-refractivity contribution is 5.26.